The normalized spacial score (nSPS) is 10.0. The van der Waals surface area contributed by atoms with Crippen molar-refractivity contribution in [3.8, 4) is 5.75 Å². The number of halogens is 1. The molecule has 2 aromatic carbocycles. The Morgan fingerprint density at radius 3 is 2.43 bits per heavy atom. The average Bonchev–Trinajstić information content (AvgIpc) is 2.49. The number of hydrogen-bond donors (Lipinski definition) is 2. The summed E-state index contributed by atoms with van der Waals surface area (Å²) >= 11 is 3.33. The first kappa shape index (κ1) is 17.0. The number of anilines is 2. The molecule has 2 N–H and O–H groups in total. The van der Waals surface area contributed by atoms with Gasteiger partial charge in [0.2, 0.25) is 5.91 Å². The lowest BCUT2D eigenvalue weighted by molar-refractivity contribution is -0.118. The third-order valence-corrected chi connectivity index (χ3v) is 3.54. The number of amides is 2. The van der Waals surface area contributed by atoms with Gasteiger partial charge in [-0.3, -0.25) is 9.59 Å². The topological polar surface area (TPSA) is 67.4 Å². The molecule has 0 atom stereocenters. The Labute approximate surface area is 143 Å². The van der Waals surface area contributed by atoms with Gasteiger partial charge in [-0.15, -0.1) is 0 Å². The highest BCUT2D eigenvalue weighted by molar-refractivity contribution is 9.10. The zero-order valence-electron chi connectivity index (χ0n) is 12.9. The van der Waals surface area contributed by atoms with Crippen molar-refractivity contribution in [1.29, 1.82) is 0 Å². The van der Waals surface area contributed by atoms with E-state index in [-0.39, 0.29) is 18.4 Å². The van der Waals surface area contributed by atoms with E-state index in [9.17, 15) is 9.59 Å². The van der Waals surface area contributed by atoms with E-state index in [0.717, 1.165) is 10.0 Å². The number of hydrogen-bond acceptors (Lipinski definition) is 3. The second kappa shape index (κ2) is 7.78. The number of carbonyl (C=O) groups is 2. The molecule has 5 nitrogen and oxygen atoms in total. The maximum absolute atomic E-state index is 11.9. The molecule has 0 aliphatic heterocycles. The lowest BCUT2D eigenvalue weighted by atomic mass is 10.1. The number of rotatable bonds is 5. The summed E-state index contributed by atoms with van der Waals surface area (Å²) in [5.41, 5.74) is 2.19. The summed E-state index contributed by atoms with van der Waals surface area (Å²) in [5, 5.41) is 5.46. The van der Waals surface area contributed by atoms with Gasteiger partial charge in [0.05, 0.1) is 0 Å². The Morgan fingerprint density at radius 2 is 1.78 bits per heavy atom. The highest BCUT2D eigenvalue weighted by atomic mass is 79.9. The Balaban J connectivity index is 1.94. The van der Waals surface area contributed by atoms with Crippen LogP contribution in [0.2, 0.25) is 0 Å². The maximum Gasteiger partial charge on any atom is 0.262 e. The van der Waals surface area contributed by atoms with Crippen molar-refractivity contribution in [2.45, 2.75) is 13.8 Å². The molecule has 0 bridgehead atoms. The van der Waals surface area contributed by atoms with Crippen LogP contribution in [-0.4, -0.2) is 18.4 Å². The van der Waals surface area contributed by atoms with Crippen molar-refractivity contribution in [1.82, 2.24) is 0 Å². The highest BCUT2D eigenvalue weighted by Crippen LogP contribution is 2.20. The second-order valence-corrected chi connectivity index (χ2v) is 5.92. The van der Waals surface area contributed by atoms with E-state index in [4.69, 9.17) is 4.74 Å². The van der Waals surface area contributed by atoms with Crippen LogP contribution in [-0.2, 0) is 9.59 Å². The standard InChI is InChI=1S/C17H17BrN2O3/c1-11-3-6-14(9-16(11)19-12(2)21)20-17(22)10-23-15-7-4-13(18)5-8-15/h3-9H,10H2,1-2H3,(H,19,21)(H,20,22). The number of benzene rings is 2. The lowest BCUT2D eigenvalue weighted by Crippen LogP contribution is -2.20. The molecular weight excluding hydrogens is 360 g/mol. The molecule has 0 unspecified atom stereocenters. The predicted octanol–water partition coefficient (Wildman–Crippen LogP) is 3.73. The third kappa shape index (κ3) is 5.41. The molecule has 0 saturated heterocycles. The van der Waals surface area contributed by atoms with Crippen molar-refractivity contribution in [3.05, 3.63) is 52.5 Å². The summed E-state index contributed by atoms with van der Waals surface area (Å²) in [7, 11) is 0. The number of ether oxygens (including phenoxy) is 1. The summed E-state index contributed by atoms with van der Waals surface area (Å²) < 4.78 is 6.35. The minimum absolute atomic E-state index is 0.0923. The molecule has 2 aromatic rings. The van der Waals surface area contributed by atoms with Crippen molar-refractivity contribution in [2.75, 3.05) is 17.2 Å². The molecule has 23 heavy (non-hydrogen) atoms. The van der Waals surface area contributed by atoms with Crippen LogP contribution in [0.1, 0.15) is 12.5 Å². The van der Waals surface area contributed by atoms with E-state index in [1.54, 1.807) is 24.3 Å². The van der Waals surface area contributed by atoms with Crippen LogP contribution in [0, 0.1) is 6.92 Å². The fourth-order valence-electron chi connectivity index (χ4n) is 1.90. The minimum atomic E-state index is -0.273. The molecule has 0 aliphatic rings. The maximum atomic E-state index is 11.9. The molecule has 6 heteroatoms. The van der Waals surface area contributed by atoms with Gasteiger partial charge in [-0.1, -0.05) is 22.0 Å². The second-order valence-electron chi connectivity index (χ2n) is 5.00. The number of carbonyl (C=O) groups excluding carboxylic acids is 2. The van der Waals surface area contributed by atoms with E-state index in [1.807, 2.05) is 25.1 Å². The number of nitrogens with one attached hydrogen (secondary N) is 2. The Bertz CT molecular complexity index is 714. The molecule has 0 saturated carbocycles. The lowest BCUT2D eigenvalue weighted by Gasteiger charge is -2.11. The zero-order chi connectivity index (χ0) is 16.8. The van der Waals surface area contributed by atoms with Gasteiger partial charge in [-0.05, 0) is 48.9 Å². The van der Waals surface area contributed by atoms with Gasteiger partial charge < -0.3 is 15.4 Å². The van der Waals surface area contributed by atoms with Crippen molar-refractivity contribution in [3.63, 3.8) is 0 Å². The van der Waals surface area contributed by atoms with Crippen LogP contribution in [0.4, 0.5) is 11.4 Å². The van der Waals surface area contributed by atoms with Gasteiger partial charge >= 0.3 is 0 Å². The molecule has 0 heterocycles. The number of aryl methyl sites for hydroxylation is 1. The summed E-state index contributed by atoms with van der Waals surface area (Å²) in [6.07, 6.45) is 0. The predicted molar refractivity (Wildman–Crippen MR) is 93.7 cm³/mol. The summed E-state index contributed by atoms with van der Waals surface area (Å²) in [6.45, 7) is 3.23. The molecule has 120 valence electrons. The van der Waals surface area contributed by atoms with E-state index < -0.39 is 0 Å². The third-order valence-electron chi connectivity index (χ3n) is 3.02. The van der Waals surface area contributed by atoms with Gasteiger partial charge in [0.1, 0.15) is 5.75 Å². The van der Waals surface area contributed by atoms with Crippen LogP contribution in [0.15, 0.2) is 46.9 Å². The van der Waals surface area contributed by atoms with Crippen molar-refractivity contribution < 1.29 is 14.3 Å². The summed E-state index contributed by atoms with van der Waals surface area (Å²) in [6, 6.07) is 12.6. The van der Waals surface area contributed by atoms with E-state index >= 15 is 0 Å². The van der Waals surface area contributed by atoms with Crippen LogP contribution < -0.4 is 15.4 Å². The first-order chi connectivity index (χ1) is 10.9. The van der Waals surface area contributed by atoms with Gasteiger partial charge in [-0.25, -0.2) is 0 Å². The molecule has 2 rings (SSSR count). The monoisotopic (exact) mass is 376 g/mol. The first-order valence-corrected chi connectivity index (χ1v) is 7.80. The molecule has 0 spiro atoms. The van der Waals surface area contributed by atoms with Crippen molar-refractivity contribution in [2.24, 2.45) is 0 Å². The van der Waals surface area contributed by atoms with E-state index in [0.29, 0.717) is 17.1 Å². The quantitative estimate of drug-likeness (QED) is 0.835. The molecule has 0 aliphatic carbocycles. The highest BCUT2D eigenvalue weighted by Gasteiger charge is 2.07. The molecule has 0 fully saturated rings. The fraction of sp³-hybridized carbons (Fsp3) is 0.176. The van der Waals surface area contributed by atoms with Crippen molar-refractivity contribution >= 4 is 39.1 Å². The molecule has 2 amide bonds. The van der Waals surface area contributed by atoms with Crippen LogP contribution >= 0.6 is 15.9 Å². The Hall–Kier alpha value is -2.34. The SMILES string of the molecule is CC(=O)Nc1cc(NC(=O)COc2ccc(Br)cc2)ccc1C. The van der Waals surface area contributed by atoms with Gasteiger partial charge in [0.25, 0.3) is 5.91 Å². The first-order valence-electron chi connectivity index (χ1n) is 7.00. The minimum Gasteiger partial charge on any atom is -0.484 e. The fourth-order valence-corrected chi connectivity index (χ4v) is 2.17. The zero-order valence-corrected chi connectivity index (χ0v) is 14.4. The van der Waals surface area contributed by atoms with Gasteiger partial charge in [-0.2, -0.15) is 0 Å². The van der Waals surface area contributed by atoms with Gasteiger partial charge in [0.15, 0.2) is 6.61 Å². The van der Waals surface area contributed by atoms with Crippen LogP contribution in [0.5, 0.6) is 5.75 Å². The summed E-state index contributed by atoms with van der Waals surface area (Å²) in [5.74, 6) is 0.187. The Kier molecular flexibility index (Phi) is 5.76. The molecule has 0 aromatic heterocycles. The van der Waals surface area contributed by atoms with Crippen LogP contribution in [0.3, 0.4) is 0 Å². The van der Waals surface area contributed by atoms with Crippen LogP contribution in [0.25, 0.3) is 0 Å². The average molecular weight is 377 g/mol. The largest absolute Gasteiger partial charge is 0.484 e. The van der Waals surface area contributed by atoms with E-state index in [2.05, 4.69) is 26.6 Å². The molecule has 0 radical (unpaired) electrons. The summed E-state index contributed by atoms with van der Waals surface area (Å²) in [4.78, 5) is 23.1. The smallest absolute Gasteiger partial charge is 0.262 e. The Morgan fingerprint density at radius 1 is 1.09 bits per heavy atom. The molecular formula is C17H17BrN2O3. The van der Waals surface area contributed by atoms with E-state index in [1.165, 1.54) is 6.92 Å². The van der Waals surface area contributed by atoms with Gasteiger partial charge in [0, 0.05) is 22.8 Å².